The zero-order chi connectivity index (χ0) is 30.0. The maximum Gasteiger partial charge on any atom is 0.265 e. The highest BCUT2D eigenvalue weighted by Gasteiger charge is 2.28. The summed E-state index contributed by atoms with van der Waals surface area (Å²) in [4.78, 5) is 35.2. The molecule has 1 N–H and O–H groups in total. The summed E-state index contributed by atoms with van der Waals surface area (Å²) >= 11 is 1.31. The van der Waals surface area contributed by atoms with Crippen LogP contribution in [0.25, 0.3) is 27.5 Å². The highest BCUT2D eigenvalue weighted by Crippen LogP contribution is 2.32. The van der Waals surface area contributed by atoms with Crippen molar-refractivity contribution in [3.63, 3.8) is 0 Å². The average Bonchev–Trinajstić information content (AvgIpc) is 3.47. The summed E-state index contributed by atoms with van der Waals surface area (Å²) in [5.74, 6) is 0.112. The van der Waals surface area contributed by atoms with E-state index in [4.69, 9.17) is 4.98 Å². The molecular weight excluding hydrogens is 554 g/mol. The van der Waals surface area contributed by atoms with Gasteiger partial charge in [0, 0.05) is 48.4 Å². The summed E-state index contributed by atoms with van der Waals surface area (Å²) in [6.45, 7) is 10.9. The lowest BCUT2D eigenvalue weighted by molar-refractivity contribution is 0.0733. The zero-order valence-corrected chi connectivity index (χ0v) is 25.2. The number of amides is 1. The Bertz CT molecular complexity index is 1640. The predicted octanol–water partition coefficient (Wildman–Crippen LogP) is 6.68. The maximum atomic E-state index is 14.5. The molecule has 0 atom stereocenters. The Hall–Kier alpha value is -3.69. The number of hydrogen-bond donors (Lipinski definition) is 1. The highest BCUT2D eigenvalue weighted by atomic mass is 32.1. The first-order valence-corrected chi connectivity index (χ1v) is 15.3. The van der Waals surface area contributed by atoms with Crippen LogP contribution in [0.4, 0.5) is 8.78 Å². The van der Waals surface area contributed by atoms with Gasteiger partial charge in [-0.3, -0.25) is 14.2 Å². The number of benzene rings is 2. The summed E-state index contributed by atoms with van der Waals surface area (Å²) in [5, 5.41) is 5.61. The minimum atomic E-state index is -2.55. The molecule has 0 saturated carbocycles. The number of aryl methyl sites for hydroxylation is 2. The Morgan fingerprint density at radius 1 is 1.07 bits per heavy atom. The fourth-order valence-corrected chi connectivity index (χ4v) is 6.22. The van der Waals surface area contributed by atoms with E-state index < -0.39 is 6.43 Å². The van der Waals surface area contributed by atoms with Crippen LogP contribution in [0.15, 0.2) is 58.7 Å². The molecule has 0 aliphatic carbocycles. The standard InChI is InChI=1S/C33H36F2N4O2S/c1-5-22-7-6-21(4)17-28(22)39-29(16-20(2)3)25(32(40)38-14-12-36-13-15-38)18-26(33(39)41)31-37-27(19-42-31)23-8-10-24(11-9-23)30(34)35/h6-11,17-20,30,36H,5,12-16H2,1-4H3. The van der Waals surface area contributed by atoms with Gasteiger partial charge in [-0.05, 0) is 48.9 Å². The summed E-state index contributed by atoms with van der Waals surface area (Å²) < 4.78 is 27.9. The van der Waals surface area contributed by atoms with E-state index >= 15 is 0 Å². The van der Waals surface area contributed by atoms with E-state index in [1.165, 1.54) is 23.5 Å². The molecule has 1 saturated heterocycles. The van der Waals surface area contributed by atoms with Crippen molar-refractivity contribution in [2.45, 2.75) is 47.0 Å². The number of alkyl halides is 2. The number of carbonyl (C=O) groups excluding carboxylic acids is 1. The molecule has 0 bridgehead atoms. The molecule has 1 aliphatic heterocycles. The summed E-state index contributed by atoms with van der Waals surface area (Å²) in [6.07, 6.45) is -1.27. The monoisotopic (exact) mass is 590 g/mol. The van der Waals surface area contributed by atoms with Crippen LogP contribution in [-0.4, -0.2) is 46.5 Å². The SMILES string of the molecule is CCc1ccc(C)cc1-n1c(CC(C)C)c(C(=O)N2CCNCC2)cc(-c2nc(-c3ccc(C(F)F)cc3)cs2)c1=O. The lowest BCUT2D eigenvalue weighted by Crippen LogP contribution is -2.47. The van der Waals surface area contributed by atoms with Gasteiger partial charge in [-0.15, -0.1) is 11.3 Å². The number of halogens is 2. The third-order valence-corrected chi connectivity index (χ3v) is 8.47. The number of aromatic nitrogens is 2. The molecule has 6 nitrogen and oxygen atoms in total. The summed E-state index contributed by atoms with van der Waals surface area (Å²) in [5.41, 5.74) is 5.40. The second kappa shape index (κ2) is 12.7. The van der Waals surface area contributed by atoms with Crippen molar-refractivity contribution in [1.29, 1.82) is 0 Å². The molecule has 0 unspecified atom stereocenters. The van der Waals surface area contributed by atoms with Crippen LogP contribution in [0.5, 0.6) is 0 Å². The summed E-state index contributed by atoms with van der Waals surface area (Å²) in [7, 11) is 0. The Kier molecular flexibility index (Phi) is 8.99. The number of nitrogens with zero attached hydrogens (tertiary/aromatic N) is 3. The minimum absolute atomic E-state index is 0.0567. The van der Waals surface area contributed by atoms with Crippen LogP contribution in [0.2, 0.25) is 0 Å². The Morgan fingerprint density at radius 3 is 2.43 bits per heavy atom. The molecule has 2 aromatic carbocycles. The first kappa shape index (κ1) is 29.8. The van der Waals surface area contributed by atoms with Gasteiger partial charge in [-0.1, -0.05) is 57.2 Å². The van der Waals surface area contributed by atoms with Crippen LogP contribution in [0, 0.1) is 12.8 Å². The van der Waals surface area contributed by atoms with Crippen molar-refractivity contribution in [2.75, 3.05) is 26.2 Å². The van der Waals surface area contributed by atoms with E-state index in [0.717, 1.165) is 36.3 Å². The molecule has 9 heteroatoms. The maximum absolute atomic E-state index is 14.5. The van der Waals surface area contributed by atoms with Crippen molar-refractivity contribution in [3.8, 4) is 27.5 Å². The fraction of sp³-hybridized carbons (Fsp3) is 0.364. The van der Waals surface area contributed by atoms with E-state index in [1.807, 2.05) is 35.4 Å². The molecule has 4 aromatic rings. The Balaban J connectivity index is 1.74. The van der Waals surface area contributed by atoms with E-state index in [-0.39, 0.29) is 22.9 Å². The van der Waals surface area contributed by atoms with Gasteiger partial charge < -0.3 is 10.2 Å². The first-order chi connectivity index (χ1) is 20.2. The van der Waals surface area contributed by atoms with Crippen LogP contribution >= 0.6 is 11.3 Å². The third-order valence-electron chi connectivity index (χ3n) is 7.59. The molecule has 1 aliphatic rings. The molecule has 2 aromatic heterocycles. The average molecular weight is 591 g/mol. The van der Waals surface area contributed by atoms with Gasteiger partial charge in [0.15, 0.2) is 0 Å². The van der Waals surface area contributed by atoms with Crippen molar-refractivity contribution < 1.29 is 13.6 Å². The number of pyridine rings is 1. The van der Waals surface area contributed by atoms with Gasteiger partial charge in [0.25, 0.3) is 17.9 Å². The first-order valence-electron chi connectivity index (χ1n) is 14.4. The van der Waals surface area contributed by atoms with Gasteiger partial charge in [0.05, 0.1) is 22.5 Å². The fourth-order valence-electron chi connectivity index (χ4n) is 5.38. The second-order valence-corrected chi connectivity index (χ2v) is 12.0. The number of thiazole rings is 1. The summed E-state index contributed by atoms with van der Waals surface area (Å²) in [6, 6.07) is 13.8. The van der Waals surface area contributed by atoms with Gasteiger partial charge in [0.2, 0.25) is 0 Å². The van der Waals surface area contributed by atoms with Crippen LogP contribution < -0.4 is 10.9 Å². The van der Waals surface area contributed by atoms with Crippen LogP contribution in [0.1, 0.15) is 59.9 Å². The molecule has 0 radical (unpaired) electrons. The quantitative estimate of drug-likeness (QED) is 0.249. The molecule has 3 heterocycles. The molecule has 5 rings (SSSR count). The lowest BCUT2D eigenvalue weighted by atomic mass is 9.98. The minimum Gasteiger partial charge on any atom is -0.336 e. The molecular formula is C33H36F2N4O2S. The third kappa shape index (κ3) is 6.08. The van der Waals surface area contributed by atoms with Crippen molar-refractivity contribution >= 4 is 17.2 Å². The second-order valence-electron chi connectivity index (χ2n) is 11.1. The van der Waals surface area contributed by atoms with Gasteiger partial charge in [-0.25, -0.2) is 13.8 Å². The van der Waals surface area contributed by atoms with Gasteiger partial charge >= 0.3 is 0 Å². The van der Waals surface area contributed by atoms with Crippen molar-refractivity contribution in [3.05, 3.63) is 92.2 Å². The topological polar surface area (TPSA) is 67.2 Å². The van der Waals surface area contributed by atoms with Gasteiger partial charge in [0.1, 0.15) is 5.01 Å². The number of carbonyl (C=O) groups is 1. The van der Waals surface area contributed by atoms with E-state index in [1.54, 1.807) is 22.8 Å². The van der Waals surface area contributed by atoms with E-state index in [2.05, 4.69) is 26.1 Å². The number of nitrogens with one attached hydrogen (secondary N) is 1. The Labute approximate surface area is 249 Å². The number of piperazine rings is 1. The zero-order valence-electron chi connectivity index (χ0n) is 24.4. The van der Waals surface area contributed by atoms with Crippen molar-refractivity contribution in [2.24, 2.45) is 5.92 Å². The highest BCUT2D eigenvalue weighted by molar-refractivity contribution is 7.13. The lowest BCUT2D eigenvalue weighted by Gasteiger charge is -2.29. The van der Waals surface area contributed by atoms with Crippen LogP contribution in [-0.2, 0) is 12.8 Å². The molecule has 220 valence electrons. The molecule has 1 fully saturated rings. The number of hydrogen-bond acceptors (Lipinski definition) is 5. The normalized spacial score (nSPS) is 13.8. The largest absolute Gasteiger partial charge is 0.336 e. The van der Waals surface area contributed by atoms with Gasteiger partial charge in [-0.2, -0.15) is 0 Å². The number of rotatable bonds is 8. The molecule has 0 spiro atoms. The van der Waals surface area contributed by atoms with E-state index in [0.29, 0.717) is 52.6 Å². The van der Waals surface area contributed by atoms with Crippen molar-refractivity contribution in [1.82, 2.24) is 19.8 Å². The predicted molar refractivity (Wildman–Crippen MR) is 165 cm³/mol. The molecule has 42 heavy (non-hydrogen) atoms. The van der Waals surface area contributed by atoms with E-state index in [9.17, 15) is 18.4 Å². The van der Waals surface area contributed by atoms with Crippen LogP contribution in [0.3, 0.4) is 0 Å². The smallest absolute Gasteiger partial charge is 0.265 e. The Morgan fingerprint density at radius 2 is 1.79 bits per heavy atom. The molecule has 1 amide bonds.